The summed E-state index contributed by atoms with van der Waals surface area (Å²) in [7, 11) is 1.61. The van der Waals surface area contributed by atoms with E-state index in [2.05, 4.69) is 5.32 Å². The Morgan fingerprint density at radius 2 is 2.11 bits per heavy atom. The molecular weight excluding hydrogens is 264 g/mol. The van der Waals surface area contributed by atoms with Gasteiger partial charge in [-0.1, -0.05) is 19.9 Å². The van der Waals surface area contributed by atoms with E-state index in [1.807, 2.05) is 31.4 Å². The van der Waals surface area contributed by atoms with Gasteiger partial charge in [0.05, 0.1) is 19.1 Å². The number of amides is 1. The van der Waals surface area contributed by atoms with Crippen LogP contribution in [-0.2, 0) is 9.59 Å². The third-order valence-corrected chi connectivity index (χ3v) is 3.61. The third-order valence-electron chi connectivity index (χ3n) is 2.65. The van der Waals surface area contributed by atoms with Gasteiger partial charge in [0.2, 0.25) is 5.91 Å². The van der Waals surface area contributed by atoms with Crippen LogP contribution in [0.25, 0.3) is 0 Å². The number of carboxylic acids is 1. The third kappa shape index (κ3) is 5.40. The van der Waals surface area contributed by atoms with Crippen molar-refractivity contribution >= 4 is 23.2 Å². The van der Waals surface area contributed by atoms with Crippen LogP contribution >= 0.6 is 11.3 Å². The smallest absolute Gasteiger partial charge is 0.317 e. The van der Waals surface area contributed by atoms with E-state index in [4.69, 9.17) is 5.11 Å². The number of thiophene rings is 1. The van der Waals surface area contributed by atoms with Crippen LogP contribution < -0.4 is 5.32 Å². The predicted octanol–water partition coefficient (Wildman–Crippen LogP) is 1.58. The Bertz CT molecular complexity index is 418. The molecule has 2 N–H and O–H groups in total. The molecule has 0 spiro atoms. The average molecular weight is 284 g/mol. The summed E-state index contributed by atoms with van der Waals surface area (Å²) in [6, 6.07) is 3.93. The van der Waals surface area contributed by atoms with E-state index in [1.54, 1.807) is 18.4 Å². The van der Waals surface area contributed by atoms with E-state index in [0.29, 0.717) is 0 Å². The molecule has 0 aliphatic rings. The van der Waals surface area contributed by atoms with Crippen LogP contribution in [0.2, 0.25) is 0 Å². The fourth-order valence-corrected chi connectivity index (χ4v) is 2.73. The van der Waals surface area contributed by atoms with Gasteiger partial charge < -0.3 is 10.4 Å². The maximum absolute atomic E-state index is 11.9. The van der Waals surface area contributed by atoms with Crippen LogP contribution in [0, 0.1) is 5.92 Å². The number of likely N-dealkylation sites (N-methyl/N-ethyl adjacent to an activating group) is 1. The van der Waals surface area contributed by atoms with Crippen molar-refractivity contribution in [2.24, 2.45) is 5.92 Å². The first-order chi connectivity index (χ1) is 8.90. The van der Waals surface area contributed by atoms with Crippen LogP contribution in [-0.4, -0.2) is 42.0 Å². The topological polar surface area (TPSA) is 69.6 Å². The van der Waals surface area contributed by atoms with Gasteiger partial charge in [0.1, 0.15) is 0 Å². The molecule has 6 heteroatoms. The Balaban J connectivity index is 2.55. The molecule has 0 aliphatic heterocycles. The Kier molecular flexibility index (Phi) is 5.98. The number of nitrogens with zero attached hydrogens (tertiary/aromatic N) is 1. The summed E-state index contributed by atoms with van der Waals surface area (Å²) < 4.78 is 0. The van der Waals surface area contributed by atoms with Gasteiger partial charge in [-0.2, -0.15) is 0 Å². The lowest BCUT2D eigenvalue weighted by molar-refractivity contribution is -0.138. The molecule has 0 aromatic carbocycles. The minimum absolute atomic E-state index is 0.0225. The molecule has 0 radical (unpaired) electrons. The molecule has 0 saturated heterocycles. The molecule has 0 fully saturated rings. The van der Waals surface area contributed by atoms with E-state index in [0.717, 1.165) is 4.88 Å². The maximum atomic E-state index is 11.9. The molecule has 1 rings (SSSR count). The van der Waals surface area contributed by atoms with E-state index in [-0.39, 0.29) is 31.0 Å². The lowest BCUT2D eigenvalue weighted by atomic mass is 10.0. The fourth-order valence-electron chi connectivity index (χ4n) is 1.79. The molecule has 0 saturated carbocycles. The van der Waals surface area contributed by atoms with Crippen molar-refractivity contribution in [3.05, 3.63) is 22.4 Å². The van der Waals surface area contributed by atoms with Crippen LogP contribution in [0.4, 0.5) is 0 Å². The van der Waals surface area contributed by atoms with E-state index in [9.17, 15) is 9.59 Å². The number of aliphatic carboxylic acids is 1. The van der Waals surface area contributed by atoms with Crippen molar-refractivity contribution in [1.29, 1.82) is 0 Å². The summed E-state index contributed by atoms with van der Waals surface area (Å²) in [6.07, 6.45) is 0. The Labute approximate surface area is 117 Å². The highest BCUT2D eigenvalue weighted by Gasteiger charge is 2.20. The molecule has 0 bridgehead atoms. The van der Waals surface area contributed by atoms with Crippen molar-refractivity contribution in [3.63, 3.8) is 0 Å². The zero-order chi connectivity index (χ0) is 14.4. The SMILES string of the molecule is CC(C)C(NC(=O)CN(C)CC(=O)O)c1cccs1. The molecule has 1 unspecified atom stereocenters. The van der Waals surface area contributed by atoms with Crippen LogP contribution in [0.3, 0.4) is 0 Å². The highest BCUT2D eigenvalue weighted by atomic mass is 32.1. The van der Waals surface area contributed by atoms with E-state index < -0.39 is 5.97 Å². The molecule has 1 atom stereocenters. The van der Waals surface area contributed by atoms with Crippen molar-refractivity contribution in [1.82, 2.24) is 10.2 Å². The molecule has 19 heavy (non-hydrogen) atoms. The van der Waals surface area contributed by atoms with Gasteiger partial charge >= 0.3 is 5.97 Å². The molecule has 0 aliphatic carbocycles. The maximum Gasteiger partial charge on any atom is 0.317 e. The number of hydrogen-bond donors (Lipinski definition) is 2. The standard InChI is InChI=1S/C13H20N2O3S/c1-9(2)13(10-5-4-6-19-10)14-11(16)7-15(3)8-12(17)18/h4-6,9,13H,7-8H2,1-3H3,(H,14,16)(H,17,18). The Morgan fingerprint density at radius 3 is 2.58 bits per heavy atom. The lowest BCUT2D eigenvalue weighted by Gasteiger charge is -2.22. The van der Waals surface area contributed by atoms with E-state index in [1.165, 1.54) is 4.90 Å². The molecule has 1 aromatic rings. The minimum Gasteiger partial charge on any atom is -0.480 e. The van der Waals surface area contributed by atoms with Crippen LogP contribution in [0.15, 0.2) is 17.5 Å². The normalized spacial score (nSPS) is 12.7. The molecule has 1 aromatic heterocycles. The van der Waals surface area contributed by atoms with Gasteiger partial charge in [-0.3, -0.25) is 14.5 Å². The second kappa shape index (κ2) is 7.25. The van der Waals surface area contributed by atoms with Gasteiger partial charge in [-0.25, -0.2) is 0 Å². The molecule has 1 heterocycles. The van der Waals surface area contributed by atoms with E-state index >= 15 is 0 Å². The van der Waals surface area contributed by atoms with Gasteiger partial charge in [0.15, 0.2) is 0 Å². The number of rotatable bonds is 7. The summed E-state index contributed by atoms with van der Waals surface area (Å²) in [4.78, 5) is 25.0. The number of hydrogen-bond acceptors (Lipinski definition) is 4. The zero-order valence-electron chi connectivity index (χ0n) is 11.4. The van der Waals surface area contributed by atoms with Gasteiger partial charge in [-0.15, -0.1) is 11.3 Å². The number of carbonyl (C=O) groups excluding carboxylic acids is 1. The number of nitrogens with one attached hydrogen (secondary N) is 1. The van der Waals surface area contributed by atoms with Gasteiger partial charge in [0.25, 0.3) is 0 Å². The molecular formula is C13H20N2O3S. The number of carboxylic acid groups (broad SMARTS) is 1. The van der Waals surface area contributed by atoms with Gasteiger partial charge in [-0.05, 0) is 24.4 Å². The first kappa shape index (κ1) is 15.7. The van der Waals surface area contributed by atoms with Crippen molar-refractivity contribution < 1.29 is 14.7 Å². The summed E-state index contributed by atoms with van der Waals surface area (Å²) in [6.45, 7) is 4.04. The zero-order valence-corrected chi connectivity index (χ0v) is 12.2. The highest BCUT2D eigenvalue weighted by molar-refractivity contribution is 7.10. The largest absolute Gasteiger partial charge is 0.480 e. The van der Waals surface area contributed by atoms with Crippen molar-refractivity contribution in [2.45, 2.75) is 19.9 Å². The average Bonchev–Trinajstić information content (AvgIpc) is 2.76. The molecule has 106 valence electrons. The summed E-state index contributed by atoms with van der Waals surface area (Å²) in [5.41, 5.74) is 0. The highest BCUT2D eigenvalue weighted by Crippen LogP contribution is 2.25. The summed E-state index contributed by atoms with van der Waals surface area (Å²) >= 11 is 1.61. The second-order valence-corrected chi connectivity index (χ2v) is 5.85. The fraction of sp³-hybridized carbons (Fsp3) is 0.538. The first-order valence-corrected chi connectivity index (χ1v) is 7.01. The summed E-state index contributed by atoms with van der Waals surface area (Å²) in [5.74, 6) is -0.808. The van der Waals surface area contributed by atoms with Gasteiger partial charge in [0, 0.05) is 4.88 Å². The summed E-state index contributed by atoms with van der Waals surface area (Å²) in [5, 5.41) is 13.6. The Hall–Kier alpha value is -1.40. The quantitative estimate of drug-likeness (QED) is 0.797. The number of carbonyl (C=O) groups is 2. The second-order valence-electron chi connectivity index (χ2n) is 4.87. The Morgan fingerprint density at radius 1 is 1.42 bits per heavy atom. The minimum atomic E-state index is -0.936. The molecule has 5 nitrogen and oxygen atoms in total. The predicted molar refractivity (Wildman–Crippen MR) is 75.2 cm³/mol. The monoisotopic (exact) mass is 284 g/mol. The van der Waals surface area contributed by atoms with Crippen molar-refractivity contribution in [2.75, 3.05) is 20.1 Å². The van der Waals surface area contributed by atoms with Crippen LogP contribution in [0.1, 0.15) is 24.8 Å². The lowest BCUT2D eigenvalue weighted by Crippen LogP contribution is -2.40. The van der Waals surface area contributed by atoms with Crippen LogP contribution in [0.5, 0.6) is 0 Å². The first-order valence-electron chi connectivity index (χ1n) is 6.13. The van der Waals surface area contributed by atoms with Crippen molar-refractivity contribution in [3.8, 4) is 0 Å². The molecule has 1 amide bonds.